The van der Waals surface area contributed by atoms with E-state index in [0.29, 0.717) is 19.3 Å². The Kier molecular flexibility index (Phi) is 57.7. The molecule has 412 valence electrons. The van der Waals surface area contributed by atoms with Crippen molar-refractivity contribution < 1.29 is 28.6 Å². The maximum Gasteiger partial charge on any atom is 0.306 e. The molecule has 0 N–H and O–H groups in total. The van der Waals surface area contributed by atoms with Crippen molar-refractivity contribution in [3.05, 3.63) is 24.3 Å². The van der Waals surface area contributed by atoms with Gasteiger partial charge in [0.25, 0.3) is 0 Å². The van der Waals surface area contributed by atoms with Gasteiger partial charge in [0.1, 0.15) is 13.2 Å². The standard InChI is InChI=1S/C64H120O6/c1-4-7-10-13-16-19-22-25-27-29-31-33-34-36-39-42-45-48-51-54-57-63(66)69-60-61(59-68-62(65)56-53-50-47-44-41-38-24-21-18-15-12-9-6-3)70-64(67)58-55-52-49-46-43-40-37-35-32-30-28-26-23-20-17-14-11-8-5-2/h21,24,26,28,61H,4-20,22-23,25,27,29-60H2,1-3H3/b24-21-,28-26-. The lowest BCUT2D eigenvalue weighted by Crippen LogP contribution is -2.30. The zero-order valence-electron chi connectivity index (χ0n) is 47.3. The molecule has 0 aliphatic heterocycles. The number of hydrogen-bond acceptors (Lipinski definition) is 6. The Bertz CT molecular complexity index is 1130. The van der Waals surface area contributed by atoms with Gasteiger partial charge in [-0.1, -0.05) is 283 Å². The summed E-state index contributed by atoms with van der Waals surface area (Å²) in [6.07, 6.45) is 70.4. The van der Waals surface area contributed by atoms with Crippen molar-refractivity contribution in [2.24, 2.45) is 0 Å². The van der Waals surface area contributed by atoms with Gasteiger partial charge in [0.15, 0.2) is 6.10 Å². The minimum atomic E-state index is -0.772. The summed E-state index contributed by atoms with van der Waals surface area (Å²) in [5.74, 6) is -0.857. The fourth-order valence-electron chi connectivity index (χ4n) is 9.44. The van der Waals surface area contributed by atoms with E-state index in [1.54, 1.807) is 0 Å². The van der Waals surface area contributed by atoms with Crippen LogP contribution in [0.5, 0.6) is 0 Å². The van der Waals surface area contributed by atoms with Crippen LogP contribution in [0.3, 0.4) is 0 Å². The molecule has 0 aliphatic rings. The molecule has 0 rings (SSSR count). The normalized spacial score (nSPS) is 12.1. The van der Waals surface area contributed by atoms with Gasteiger partial charge in [-0.25, -0.2) is 0 Å². The van der Waals surface area contributed by atoms with E-state index in [9.17, 15) is 14.4 Å². The molecule has 0 radical (unpaired) electrons. The maximum atomic E-state index is 12.9. The van der Waals surface area contributed by atoms with Crippen molar-refractivity contribution in [3.63, 3.8) is 0 Å². The summed E-state index contributed by atoms with van der Waals surface area (Å²) in [7, 11) is 0. The monoisotopic (exact) mass is 985 g/mol. The molecule has 0 spiro atoms. The van der Waals surface area contributed by atoms with Crippen LogP contribution < -0.4 is 0 Å². The van der Waals surface area contributed by atoms with Crippen LogP contribution in [-0.4, -0.2) is 37.2 Å². The van der Waals surface area contributed by atoms with Gasteiger partial charge in [-0.2, -0.15) is 0 Å². The van der Waals surface area contributed by atoms with Crippen molar-refractivity contribution in [1.29, 1.82) is 0 Å². The minimum Gasteiger partial charge on any atom is -0.462 e. The lowest BCUT2D eigenvalue weighted by molar-refractivity contribution is -0.167. The summed E-state index contributed by atoms with van der Waals surface area (Å²) < 4.78 is 16.9. The van der Waals surface area contributed by atoms with E-state index in [4.69, 9.17) is 14.2 Å². The molecule has 0 heterocycles. The lowest BCUT2D eigenvalue weighted by Gasteiger charge is -2.18. The summed E-state index contributed by atoms with van der Waals surface area (Å²) >= 11 is 0. The van der Waals surface area contributed by atoms with Crippen molar-refractivity contribution in [3.8, 4) is 0 Å². The molecule has 0 aromatic carbocycles. The van der Waals surface area contributed by atoms with Crippen LogP contribution >= 0.6 is 0 Å². The first-order chi connectivity index (χ1) is 34.5. The first-order valence-corrected chi connectivity index (χ1v) is 31.3. The Labute approximate surface area is 436 Å². The third-order valence-electron chi connectivity index (χ3n) is 14.2. The fourth-order valence-corrected chi connectivity index (χ4v) is 9.44. The lowest BCUT2D eigenvalue weighted by atomic mass is 10.0. The van der Waals surface area contributed by atoms with Crippen LogP contribution in [0, 0.1) is 0 Å². The highest BCUT2D eigenvalue weighted by atomic mass is 16.6. The Balaban J connectivity index is 4.29. The topological polar surface area (TPSA) is 78.9 Å². The molecule has 0 saturated heterocycles. The molecular formula is C64H120O6. The molecular weight excluding hydrogens is 865 g/mol. The van der Waals surface area contributed by atoms with Gasteiger partial charge in [-0.05, 0) is 70.6 Å². The first-order valence-electron chi connectivity index (χ1n) is 31.3. The predicted molar refractivity (Wildman–Crippen MR) is 303 cm³/mol. The van der Waals surface area contributed by atoms with Gasteiger partial charge < -0.3 is 14.2 Å². The van der Waals surface area contributed by atoms with E-state index in [1.807, 2.05) is 0 Å². The first kappa shape index (κ1) is 67.9. The number of carbonyl (C=O) groups excluding carboxylic acids is 3. The molecule has 6 nitrogen and oxygen atoms in total. The van der Waals surface area contributed by atoms with E-state index >= 15 is 0 Å². The second kappa shape index (κ2) is 59.5. The Morgan fingerprint density at radius 2 is 0.471 bits per heavy atom. The summed E-state index contributed by atoms with van der Waals surface area (Å²) in [6, 6.07) is 0. The molecule has 0 aliphatic carbocycles. The number of esters is 3. The van der Waals surface area contributed by atoms with Crippen LogP contribution in [0.4, 0.5) is 0 Å². The number of rotatable bonds is 58. The van der Waals surface area contributed by atoms with Gasteiger partial charge >= 0.3 is 17.9 Å². The summed E-state index contributed by atoms with van der Waals surface area (Å²) in [6.45, 7) is 6.67. The molecule has 0 bridgehead atoms. The number of ether oxygens (including phenoxy) is 3. The SMILES string of the molecule is CCCCCC/C=C\CCCCCCCC(=O)OCC(COC(=O)CCCCCCCCCCCCCCCCCCCCCC)OC(=O)CCCCCCCCCCC/C=C\CCCCCCCC. The molecule has 70 heavy (non-hydrogen) atoms. The quantitative estimate of drug-likeness (QED) is 0.0261. The van der Waals surface area contributed by atoms with E-state index in [0.717, 1.165) is 64.2 Å². The third kappa shape index (κ3) is 56.8. The van der Waals surface area contributed by atoms with E-state index in [2.05, 4.69) is 45.1 Å². The number of hydrogen-bond donors (Lipinski definition) is 0. The highest BCUT2D eigenvalue weighted by Crippen LogP contribution is 2.17. The van der Waals surface area contributed by atoms with Crippen LogP contribution in [-0.2, 0) is 28.6 Å². The largest absolute Gasteiger partial charge is 0.462 e. The van der Waals surface area contributed by atoms with Crippen molar-refractivity contribution >= 4 is 17.9 Å². The van der Waals surface area contributed by atoms with Crippen molar-refractivity contribution in [1.82, 2.24) is 0 Å². The van der Waals surface area contributed by atoms with E-state index < -0.39 is 6.10 Å². The smallest absolute Gasteiger partial charge is 0.306 e. The summed E-state index contributed by atoms with van der Waals surface area (Å²) in [4.78, 5) is 38.2. The van der Waals surface area contributed by atoms with Crippen molar-refractivity contribution in [2.75, 3.05) is 13.2 Å². The van der Waals surface area contributed by atoms with E-state index in [-0.39, 0.29) is 31.1 Å². The average Bonchev–Trinajstić information content (AvgIpc) is 3.36. The number of unbranched alkanes of at least 4 members (excludes halogenated alkanes) is 43. The highest BCUT2D eigenvalue weighted by molar-refractivity contribution is 5.71. The van der Waals surface area contributed by atoms with Gasteiger partial charge in [0.05, 0.1) is 0 Å². The third-order valence-corrected chi connectivity index (χ3v) is 14.2. The molecule has 0 fully saturated rings. The summed E-state index contributed by atoms with van der Waals surface area (Å²) in [5, 5.41) is 0. The van der Waals surface area contributed by atoms with Crippen LogP contribution in [0.2, 0.25) is 0 Å². The number of allylic oxidation sites excluding steroid dienone is 4. The van der Waals surface area contributed by atoms with Gasteiger partial charge in [-0.3, -0.25) is 14.4 Å². The zero-order chi connectivity index (χ0) is 50.7. The molecule has 1 unspecified atom stereocenters. The van der Waals surface area contributed by atoms with Gasteiger partial charge in [-0.15, -0.1) is 0 Å². The molecule has 0 saturated carbocycles. The van der Waals surface area contributed by atoms with Crippen LogP contribution in [0.25, 0.3) is 0 Å². The zero-order valence-corrected chi connectivity index (χ0v) is 47.3. The highest BCUT2D eigenvalue weighted by Gasteiger charge is 2.19. The molecule has 0 amide bonds. The maximum absolute atomic E-state index is 12.9. The molecule has 6 heteroatoms. The van der Waals surface area contributed by atoms with Crippen LogP contribution in [0.1, 0.15) is 348 Å². The summed E-state index contributed by atoms with van der Waals surface area (Å²) in [5.41, 5.74) is 0. The van der Waals surface area contributed by atoms with E-state index in [1.165, 1.54) is 244 Å². The molecule has 1 atom stereocenters. The Hall–Kier alpha value is -2.11. The minimum absolute atomic E-state index is 0.0697. The Morgan fingerprint density at radius 3 is 0.729 bits per heavy atom. The average molecular weight is 986 g/mol. The van der Waals surface area contributed by atoms with Gasteiger partial charge in [0, 0.05) is 19.3 Å². The predicted octanol–water partition coefficient (Wildman–Crippen LogP) is 21.1. The number of carbonyl (C=O) groups is 3. The second-order valence-corrected chi connectivity index (χ2v) is 21.3. The van der Waals surface area contributed by atoms with Crippen LogP contribution in [0.15, 0.2) is 24.3 Å². The second-order valence-electron chi connectivity index (χ2n) is 21.3. The van der Waals surface area contributed by atoms with Crippen molar-refractivity contribution in [2.45, 2.75) is 354 Å². The molecule has 0 aromatic rings. The van der Waals surface area contributed by atoms with Gasteiger partial charge in [0.2, 0.25) is 0 Å². The molecule has 0 aromatic heterocycles. The fraction of sp³-hybridized carbons (Fsp3) is 0.891. The Morgan fingerprint density at radius 1 is 0.271 bits per heavy atom.